The first kappa shape index (κ1) is 24.0. The van der Waals surface area contributed by atoms with Gasteiger partial charge in [-0.15, -0.1) is 0 Å². The highest BCUT2D eigenvalue weighted by Crippen LogP contribution is 2.21. The van der Waals surface area contributed by atoms with E-state index < -0.39 is 10.0 Å². The van der Waals surface area contributed by atoms with Crippen LogP contribution in [-0.2, 0) is 27.9 Å². The highest BCUT2D eigenvalue weighted by molar-refractivity contribution is 7.89. The molecule has 0 aliphatic carbocycles. The molecule has 0 aliphatic rings. The number of benzene rings is 4. The lowest BCUT2D eigenvalue weighted by Crippen LogP contribution is -2.40. The fourth-order valence-electron chi connectivity index (χ4n) is 3.85. The highest BCUT2D eigenvalue weighted by Gasteiger charge is 2.27. The van der Waals surface area contributed by atoms with Crippen molar-refractivity contribution in [1.82, 2.24) is 9.62 Å². The molecule has 1 N–H and O–H groups in total. The Bertz CT molecular complexity index is 1410. The predicted molar refractivity (Wildman–Crippen MR) is 136 cm³/mol. The van der Waals surface area contributed by atoms with Gasteiger partial charge in [-0.25, -0.2) is 8.42 Å². The summed E-state index contributed by atoms with van der Waals surface area (Å²) in [5, 5.41) is 5.46. The lowest BCUT2D eigenvalue weighted by atomic mass is 10.0. The summed E-state index contributed by atoms with van der Waals surface area (Å²) in [5.41, 5.74) is 2.79. The molecule has 0 bridgehead atoms. The summed E-state index contributed by atoms with van der Waals surface area (Å²) in [6.45, 7) is 2.02. The zero-order valence-electron chi connectivity index (χ0n) is 18.7. The van der Waals surface area contributed by atoms with Crippen LogP contribution >= 0.6 is 11.6 Å². The first-order valence-corrected chi connectivity index (χ1v) is 12.7. The van der Waals surface area contributed by atoms with E-state index in [-0.39, 0.29) is 23.9 Å². The van der Waals surface area contributed by atoms with E-state index in [2.05, 4.69) is 5.32 Å². The average molecular weight is 493 g/mol. The minimum absolute atomic E-state index is 0.0777. The third kappa shape index (κ3) is 5.65. The van der Waals surface area contributed by atoms with Crippen LogP contribution in [0.25, 0.3) is 10.8 Å². The van der Waals surface area contributed by atoms with Crippen LogP contribution in [0.3, 0.4) is 0 Å². The molecule has 0 aromatic heterocycles. The first-order chi connectivity index (χ1) is 16.3. The van der Waals surface area contributed by atoms with Gasteiger partial charge in [-0.05, 0) is 53.1 Å². The molecule has 174 valence electrons. The molecule has 0 saturated heterocycles. The molecule has 5 nitrogen and oxygen atoms in total. The van der Waals surface area contributed by atoms with E-state index in [0.717, 1.165) is 27.5 Å². The van der Waals surface area contributed by atoms with E-state index in [1.807, 2.05) is 73.7 Å². The molecule has 0 unspecified atom stereocenters. The third-order valence-electron chi connectivity index (χ3n) is 5.57. The van der Waals surface area contributed by atoms with Gasteiger partial charge in [-0.1, -0.05) is 83.9 Å². The molecular weight excluding hydrogens is 468 g/mol. The summed E-state index contributed by atoms with van der Waals surface area (Å²) >= 11 is 5.94. The maximum Gasteiger partial charge on any atom is 0.243 e. The highest BCUT2D eigenvalue weighted by atomic mass is 35.5. The van der Waals surface area contributed by atoms with Crippen LogP contribution < -0.4 is 5.32 Å². The zero-order valence-corrected chi connectivity index (χ0v) is 20.3. The van der Waals surface area contributed by atoms with Crippen LogP contribution in [0.4, 0.5) is 0 Å². The standard InChI is InChI=1S/C27H25ClN2O3S/c1-20-6-4-7-21(16-20)18-30(34(32,33)25-14-12-24(28)13-15-25)19-27(31)29-17-23-10-5-9-22-8-2-3-11-26(22)23/h2-16H,17-19H2,1H3,(H,29,31). The molecule has 4 rings (SSSR count). The molecule has 7 heteroatoms. The Kier molecular flexibility index (Phi) is 7.32. The maximum atomic E-state index is 13.4. The average Bonchev–Trinajstić information content (AvgIpc) is 2.82. The van der Waals surface area contributed by atoms with Gasteiger partial charge in [-0.3, -0.25) is 4.79 Å². The van der Waals surface area contributed by atoms with Gasteiger partial charge >= 0.3 is 0 Å². The number of hydrogen-bond donors (Lipinski definition) is 1. The normalized spacial score (nSPS) is 11.6. The SMILES string of the molecule is Cc1cccc(CN(CC(=O)NCc2cccc3ccccc23)S(=O)(=O)c2ccc(Cl)cc2)c1. The number of aryl methyl sites for hydroxylation is 1. The van der Waals surface area contributed by atoms with E-state index in [9.17, 15) is 13.2 Å². The van der Waals surface area contributed by atoms with E-state index >= 15 is 0 Å². The molecule has 34 heavy (non-hydrogen) atoms. The third-order valence-corrected chi connectivity index (χ3v) is 7.63. The molecule has 0 radical (unpaired) electrons. The number of halogens is 1. The van der Waals surface area contributed by atoms with Crippen LogP contribution in [0.5, 0.6) is 0 Å². The van der Waals surface area contributed by atoms with Gasteiger partial charge in [0, 0.05) is 18.1 Å². The number of fused-ring (bicyclic) bond motifs is 1. The quantitative estimate of drug-likeness (QED) is 0.362. The number of carbonyl (C=O) groups excluding carboxylic acids is 1. The second kappa shape index (κ2) is 10.4. The van der Waals surface area contributed by atoms with Gasteiger partial charge < -0.3 is 5.32 Å². The maximum absolute atomic E-state index is 13.4. The number of carbonyl (C=O) groups is 1. The summed E-state index contributed by atoms with van der Waals surface area (Å²) in [5.74, 6) is -0.377. The Morgan fingerprint density at radius 2 is 1.62 bits per heavy atom. The van der Waals surface area contributed by atoms with Gasteiger partial charge in [0.25, 0.3) is 0 Å². The molecule has 0 saturated carbocycles. The second-order valence-corrected chi connectivity index (χ2v) is 10.5. The molecule has 0 atom stereocenters. The summed E-state index contributed by atoms with van der Waals surface area (Å²) < 4.78 is 28.0. The summed E-state index contributed by atoms with van der Waals surface area (Å²) in [6.07, 6.45) is 0. The Morgan fingerprint density at radius 1 is 0.912 bits per heavy atom. The fourth-order valence-corrected chi connectivity index (χ4v) is 5.36. The van der Waals surface area contributed by atoms with Crippen molar-refractivity contribution in [3.05, 3.63) is 113 Å². The van der Waals surface area contributed by atoms with E-state index in [4.69, 9.17) is 11.6 Å². The Morgan fingerprint density at radius 3 is 2.38 bits per heavy atom. The molecule has 1 amide bonds. The minimum atomic E-state index is -3.93. The monoisotopic (exact) mass is 492 g/mol. The van der Waals surface area contributed by atoms with Crippen molar-refractivity contribution >= 4 is 38.3 Å². The predicted octanol–water partition coefficient (Wildman–Crippen LogP) is 5.31. The van der Waals surface area contributed by atoms with Crippen molar-refractivity contribution < 1.29 is 13.2 Å². The van der Waals surface area contributed by atoms with Crippen LogP contribution in [0.1, 0.15) is 16.7 Å². The van der Waals surface area contributed by atoms with Crippen LogP contribution in [0.15, 0.2) is 95.9 Å². The molecule has 0 fully saturated rings. The van der Waals surface area contributed by atoms with Gasteiger partial charge in [0.15, 0.2) is 0 Å². The molecule has 0 spiro atoms. The van der Waals surface area contributed by atoms with E-state index in [0.29, 0.717) is 11.6 Å². The number of sulfonamides is 1. The first-order valence-electron chi connectivity index (χ1n) is 10.9. The second-order valence-electron chi connectivity index (χ2n) is 8.13. The van der Waals surface area contributed by atoms with Crippen molar-refractivity contribution in [3.63, 3.8) is 0 Å². The molecule has 0 aliphatic heterocycles. The summed E-state index contributed by atoms with van der Waals surface area (Å²) in [7, 11) is -3.93. The van der Waals surface area contributed by atoms with E-state index in [1.54, 1.807) is 0 Å². The molecular formula is C27H25ClN2O3S. The Labute approximate surface area is 205 Å². The topological polar surface area (TPSA) is 66.5 Å². The Hall–Kier alpha value is -3.19. The number of nitrogens with zero attached hydrogens (tertiary/aromatic N) is 1. The van der Waals surface area contributed by atoms with Crippen molar-refractivity contribution in [2.75, 3.05) is 6.54 Å². The van der Waals surface area contributed by atoms with Gasteiger partial charge in [0.1, 0.15) is 0 Å². The van der Waals surface area contributed by atoms with Crippen molar-refractivity contribution in [3.8, 4) is 0 Å². The number of rotatable bonds is 8. The summed E-state index contributed by atoms with van der Waals surface area (Å²) in [4.78, 5) is 13.0. The van der Waals surface area contributed by atoms with Gasteiger partial charge in [0.05, 0.1) is 11.4 Å². The number of hydrogen-bond acceptors (Lipinski definition) is 3. The Balaban J connectivity index is 1.55. The van der Waals surface area contributed by atoms with Gasteiger partial charge in [0.2, 0.25) is 15.9 Å². The van der Waals surface area contributed by atoms with E-state index in [1.165, 1.54) is 28.6 Å². The smallest absolute Gasteiger partial charge is 0.243 e. The number of amides is 1. The minimum Gasteiger partial charge on any atom is -0.351 e. The lowest BCUT2D eigenvalue weighted by molar-refractivity contribution is -0.121. The van der Waals surface area contributed by atoms with Crippen LogP contribution in [0.2, 0.25) is 5.02 Å². The van der Waals surface area contributed by atoms with Crippen molar-refractivity contribution in [1.29, 1.82) is 0 Å². The zero-order chi connectivity index (χ0) is 24.1. The molecule has 0 heterocycles. The van der Waals surface area contributed by atoms with Crippen LogP contribution in [-0.4, -0.2) is 25.2 Å². The van der Waals surface area contributed by atoms with Gasteiger partial charge in [-0.2, -0.15) is 4.31 Å². The van der Waals surface area contributed by atoms with Crippen LogP contribution in [0, 0.1) is 6.92 Å². The van der Waals surface area contributed by atoms with Crippen molar-refractivity contribution in [2.45, 2.75) is 24.9 Å². The largest absolute Gasteiger partial charge is 0.351 e. The number of nitrogens with one attached hydrogen (secondary N) is 1. The van der Waals surface area contributed by atoms with Crippen molar-refractivity contribution in [2.24, 2.45) is 0 Å². The fraction of sp³-hybridized carbons (Fsp3) is 0.148. The summed E-state index contributed by atoms with van der Waals surface area (Å²) in [6, 6.07) is 27.4. The molecule has 4 aromatic rings. The lowest BCUT2D eigenvalue weighted by Gasteiger charge is -2.22. The molecule has 4 aromatic carbocycles.